The van der Waals surface area contributed by atoms with Crippen molar-refractivity contribution < 1.29 is 23.8 Å². The number of halogens is 1. The largest absolute Gasteiger partial charge is 0.493 e. The number of nitrogens with zero attached hydrogens (tertiary/aromatic N) is 1. The summed E-state index contributed by atoms with van der Waals surface area (Å²) in [5.74, 6) is -0.791. The number of nitrogens with one attached hydrogen (secondary N) is 1. The standard InChI is InChI=1S/C33H41FN2O5/c1-21-26(23-9-13-25(14-10-23)40-20-15-22-7-11-24(34)12-8-22)28(36-18-16-33(5,6)17-19-36)27(30(37)35-21)29(31(38)39)41-32(2,3)4/h7-14,29H,15-20H2,1-6H3,(H,35,37)(H,38,39). The molecule has 4 rings (SSSR count). The minimum atomic E-state index is -1.43. The van der Waals surface area contributed by atoms with Crippen LogP contribution in [0.5, 0.6) is 5.75 Å². The number of piperidine rings is 1. The van der Waals surface area contributed by atoms with Gasteiger partial charge >= 0.3 is 5.97 Å². The molecule has 1 unspecified atom stereocenters. The SMILES string of the molecule is Cc1[nH]c(=O)c(C(OC(C)(C)C)C(=O)O)c(N2CCC(C)(C)CC2)c1-c1ccc(OCCc2ccc(F)cc2)cc1. The fraction of sp³-hybridized carbons (Fsp3) is 0.455. The fourth-order valence-electron chi connectivity index (χ4n) is 5.22. The number of ether oxygens (including phenoxy) is 2. The van der Waals surface area contributed by atoms with E-state index in [0.717, 1.165) is 29.5 Å². The fourth-order valence-corrected chi connectivity index (χ4v) is 5.22. The molecule has 0 aliphatic carbocycles. The average molecular weight is 565 g/mol. The Kier molecular flexibility index (Phi) is 8.92. The topological polar surface area (TPSA) is 91.9 Å². The number of carboxylic acids is 1. The summed E-state index contributed by atoms with van der Waals surface area (Å²) in [6.07, 6.45) is 1.04. The van der Waals surface area contributed by atoms with Gasteiger partial charge in [-0.05, 0) is 81.3 Å². The van der Waals surface area contributed by atoms with E-state index in [9.17, 15) is 19.1 Å². The lowest BCUT2D eigenvalue weighted by atomic mass is 9.82. The summed E-state index contributed by atoms with van der Waals surface area (Å²) in [5.41, 5.74) is 2.91. The lowest BCUT2D eigenvalue weighted by molar-refractivity contribution is -0.160. The minimum Gasteiger partial charge on any atom is -0.493 e. The molecule has 1 fully saturated rings. The van der Waals surface area contributed by atoms with Gasteiger partial charge in [0.05, 0.1) is 23.5 Å². The van der Waals surface area contributed by atoms with Crippen LogP contribution in [0.1, 0.15) is 70.4 Å². The van der Waals surface area contributed by atoms with Crippen LogP contribution in [-0.4, -0.2) is 41.4 Å². The number of anilines is 1. The molecular weight excluding hydrogens is 523 g/mol. The second-order valence-corrected chi connectivity index (χ2v) is 12.6. The predicted molar refractivity (Wildman–Crippen MR) is 159 cm³/mol. The third-order valence-electron chi connectivity index (χ3n) is 7.52. The molecule has 0 spiro atoms. The van der Waals surface area contributed by atoms with Gasteiger partial charge in [-0.1, -0.05) is 38.1 Å². The number of carboxylic acid groups (broad SMARTS) is 1. The van der Waals surface area contributed by atoms with Gasteiger partial charge in [0.2, 0.25) is 0 Å². The van der Waals surface area contributed by atoms with Crippen molar-refractivity contribution >= 4 is 11.7 Å². The Morgan fingerprint density at radius 3 is 2.24 bits per heavy atom. The van der Waals surface area contributed by atoms with Gasteiger partial charge in [0.15, 0.2) is 6.10 Å². The molecule has 7 nitrogen and oxygen atoms in total. The monoisotopic (exact) mass is 564 g/mol. The van der Waals surface area contributed by atoms with E-state index in [1.54, 1.807) is 32.9 Å². The number of hydrogen-bond donors (Lipinski definition) is 2. The maximum absolute atomic E-state index is 13.5. The highest BCUT2D eigenvalue weighted by atomic mass is 19.1. The lowest BCUT2D eigenvalue weighted by Crippen LogP contribution is -2.41. The van der Waals surface area contributed by atoms with Crippen molar-refractivity contribution in [3.05, 3.63) is 81.5 Å². The van der Waals surface area contributed by atoms with Crippen LogP contribution in [0.3, 0.4) is 0 Å². The first kappa shape index (κ1) is 30.3. The van der Waals surface area contributed by atoms with Gasteiger partial charge in [0.25, 0.3) is 5.56 Å². The highest BCUT2D eigenvalue weighted by Gasteiger charge is 2.36. The van der Waals surface area contributed by atoms with Crippen LogP contribution < -0.4 is 15.2 Å². The molecule has 3 aromatic rings. The molecule has 1 aliphatic heterocycles. The Balaban J connectivity index is 1.72. The van der Waals surface area contributed by atoms with E-state index < -0.39 is 23.2 Å². The molecule has 2 aromatic carbocycles. The molecule has 0 radical (unpaired) electrons. The zero-order valence-corrected chi connectivity index (χ0v) is 24.8. The molecule has 8 heteroatoms. The molecule has 41 heavy (non-hydrogen) atoms. The first-order valence-electron chi connectivity index (χ1n) is 14.1. The number of carbonyl (C=O) groups is 1. The van der Waals surface area contributed by atoms with Crippen LogP contribution in [0.2, 0.25) is 0 Å². The van der Waals surface area contributed by atoms with Crippen LogP contribution in [0.15, 0.2) is 53.3 Å². The second kappa shape index (κ2) is 12.1. The van der Waals surface area contributed by atoms with Crippen molar-refractivity contribution in [2.75, 3.05) is 24.6 Å². The van der Waals surface area contributed by atoms with Crippen LogP contribution >= 0.6 is 0 Å². The predicted octanol–water partition coefficient (Wildman–Crippen LogP) is 6.68. The molecule has 2 N–H and O–H groups in total. The molecule has 1 aliphatic rings. The van der Waals surface area contributed by atoms with Crippen molar-refractivity contribution in [2.24, 2.45) is 5.41 Å². The summed E-state index contributed by atoms with van der Waals surface area (Å²) in [4.78, 5) is 31.1. The van der Waals surface area contributed by atoms with Crippen molar-refractivity contribution in [3.63, 3.8) is 0 Å². The summed E-state index contributed by atoms with van der Waals surface area (Å²) in [6.45, 7) is 13.5. The Hall–Kier alpha value is -3.65. The highest BCUT2D eigenvalue weighted by molar-refractivity contribution is 5.87. The highest BCUT2D eigenvalue weighted by Crippen LogP contribution is 2.42. The summed E-state index contributed by atoms with van der Waals surface area (Å²) >= 11 is 0. The number of hydrogen-bond acceptors (Lipinski definition) is 5. The first-order chi connectivity index (χ1) is 19.2. The summed E-state index contributed by atoms with van der Waals surface area (Å²) < 4.78 is 25.1. The Bertz CT molecular complexity index is 1410. The summed E-state index contributed by atoms with van der Waals surface area (Å²) in [6, 6.07) is 14.0. The van der Waals surface area contributed by atoms with E-state index in [0.29, 0.717) is 43.2 Å². The van der Waals surface area contributed by atoms with Gasteiger partial charge in [0.1, 0.15) is 11.6 Å². The molecule has 220 valence electrons. The van der Waals surface area contributed by atoms with Crippen molar-refractivity contribution in [1.82, 2.24) is 4.98 Å². The van der Waals surface area contributed by atoms with Gasteiger partial charge in [-0.25, -0.2) is 9.18 Å². The van der Waals surface area contributed by atoms with Gasteiger partial charge in [-0.15, -0.1) is 0 Å². The molecule has 1 saturated heterocycles. The number of rotatable bonds is 9. The molecule has 2 heterocycles. The van der Waals surface area contributed by atoms with E-state index in [4.69, 9.17) is 9.47 Å². The van der Waals surface area contributed by atoms with Gasteiger partial charge in [-0.3, -0.25) is 4.79 Å². The van der Waals surface area contributed by atoms with Gasteiger partial charge < -0.3 is 24.5 Å². The van der Waals surface area contributed by atoms with Crippen molar-refractivity contribution in [1.29, 1.82) is 0 Å². The lowest BCUT2D eigenvalue weighted by Gasteiger charge is -2.40. The maximum Gasteiger partial charge on any atom is 0.337 e. The van der Waals surface area contributed by atoms with Gasteiger partial charge in [0, 0.05) is 30.8 Å². The Labute approximate surface area is 241 Å². The van der Waals surface area contributed by atoms with Crippen molar-refractivity contribution in [2.45, 2.75) is 72.5 Å². The van der Waals surface area contributed by atoms with E-state index in [1.165, 1.54) is 12.1 Å². The minimum absolute atomic E-state index is 0.118. The number of benzene rings is 2. The van der Waals surface area contributed by atoms with E-state index in [-0.39, 0.29) is 16.8 Å². The number of aromatic amines is 1. The molecule has 1 aromatic heterocycles. The normalized spacial score (nSPS) is 15.9. The molecular formula is C33H41FN2O5. The van der Waals surface area contributed by atoms with E-state index >= 15 is 0 Å². The second-order valence-electron chi connectivity index (χ2n) is 12.6. The number of H-pyrrole nitrogens is 1. The quantitative estimate of drug-likeness (QED) is 0.301. The average Bonchev–Trinajstić information content (AvgIpc) is 2.88. The summed E-state index contributed by atoms with van der Waals surface area (Å²) in [7, 11) is 0. The third-order valence-corrected chi connectivity index (χ3v) is 7.52. The Morgan fingerprint density at radius 2 is 1.68 bits per heavy atom. The van der Waals surface area contributed by atoms with Crippen molar-refractivity contribution in [3.8, 4) is 16.9 Å². The zero-order chi connectivity index (χ0) is 29.9. The number of aryl methyl sites for hydroxylation is 1. The molecule has 1 atom stereocenters. The van der Waals surface area contributed by atoms with E-state index in [1.807, 2.05) is 31.2 Å². The maximum atomic E-state index is 13.5. The number of pyridine rings is 1. The molecule has 0 amide bonds. The van der Waals surface area contributed by atoms with Crippen LogP contribution in [-0.2, 0) is 16.0 Å². The van der Waals surface area contributed by atoms with Crippen LogP contribution in [0, 0.1) is 18.2 Å². The zero-order valence-electron chi connectivity index (χ0n) is 24.8. The molecule has 0 saturated carbocycles. The number of aliphatic carboxylic acids is 1. The molecule has 0 bridgehead atoms. The first-order valence-corrected chi connectivity index (χ1v) is 14.1. The summed E-state index contributed by atoms with van der Waals surface area (Å²) in [5, 5.41) is 10.2. The van der Waals surface area contributed by atoms with Gasteiger partial charge in [-0.2, -0.15) is 0 Å². The number of aromatic nitrogens is 1. The van der Waals surface area contributed by atoms with Crippen LogP contribution in [0.25, 0.3) is 11.1 Å². The third kappa shape index (κ3) is 7.55. The van der Waals surface area contributed by atoms with E-state index in [2.05, 4.69) is 23.7 Å². The smallest absolute Gasteiger partial charge is 0.337 e. The Morgan fingerprint density at radius 1 is 1.07 bits per heavy atom. The van der Waals surface area contributed by atoms with Crippen LogP contribution in [0.4, 0.5) is 10.1 Å².